The second-order valence-electron chi connectivity index (χ2n) is 17.4. The molecular formula is C66H56N2. The summed E-state index contributed by atoms with van der Waals surface area (Å²) in [7, 11) is 0. The van der Waals surface area contributed by atoms with Gasteiger partial charge in [-0.3, -0.25) is 0 Å². The van der Waals surface area contributed by atoms with Gasteiger partial charge in [0.15, 0.2) is 0 Å². The Bertz CT molecular complexity index is 3130. The average molecular weight is 877 g/mol. The minimum atomic E-state index is 0.0797. The van der Waals surface area contributed by atoms with E-state index in [0.29, 0.717) is 0 Å². The number of hydrogen-bond donors (Lipinski definition) is 0. The lowest BCUT2D eigenvalue weighted by Gasteiger charge is -2.37. The van der Waals surface area contributed by atoms with Gasteiger partial charge in [-0.2, -0.15) is 0 Å². The zero-order valence-electron chi connectivity index (χ0n) is 38.7. The third-order valence-corrected chi connectivity index (χ3v) is 13.2. The SMILES string of the molecule is C/C=C(\C=C/Cc1ccccc1)N(c1ccc(C2=CC=CCC2)cc1)c1ccccc1-c1ccc(-c2ccccc2N(c2ccc(-c3ccccc3)cc2)C2CC=CC=C2c2ccccc2)cc1. The van der Waals surface area contributed by atoms with Gasteiger partial charge >= 0.3 is 0 Å². The van der Waals surface area contributed by atoms with Gasteiger partial charge in [0.25, 0.3) is 0 Å². The lowest BCUT2D eigenvalue weighted by molar-refractivity contribution is 0.803. The Labute approximate surface area is 403 Å². The maximum Gasteiger partial charge on any atom is 0.0632 e. The quantitative estimate of drug-likeness (QED) is 0.100. The molecule has 0 aliphatic heterocycles. The fraction of sp³-hybridized carbons (Fsp3) is 0.0909. The summed E-state index contributed by atoms with van der Waals surface area (Å²) < 4.78 is 0. The molecule has 2 heteroatoms. The molecule has 330 valence electrons. The predicted molar refractivity (Wildman–Crippen MR) is 291 cm³/mol. The molecule has 10 rings (SSSR count). The lowest BCUT2D eigenvalue weighted by atomic mass is 9.89. The number of allylic oxidation sites excluding steroid dienone is 9. The first-order valence-electron chi connectivity index (χ1n) is 24.0. The minimum Gasteiger partial charge on any atom is -0.333 e. The third kappa shape index (κ3) is 9.68. The summed E-state index contributed by atoms with van der Waals surface area (Å²) in [6.07, 6.45) is 24.2. The average Bonchev–Trinajstić information content (AvgIpc) is 3.42. The van der Waals surface area contributed by atoms with Crippen molar-refractivity contribution < 1.29 is 0 Å². The molecule has 0 aromatic heterocycles. The zero-order valence-corrected chi connectivity index (χ0v) is 38.7. The normalized spacial score (nSPS) is 14.7. The van der Waals surface area contributed by atoms with Crippen LogP contribution in [0.15, 0.2) is 273 Å². The summed E-state index contributed by atoms with van der Waals surface area (Å²) in [5.74, 6) is 0. The van der Waals surface area contributed by atoms with Crippen LogP contribution in [0.4, 0.5) is 22.7 Å². The fourth-order valence-electron chi connectivity index (χ4n) is 9.71. The van der Waals surface area contributed by atoms with Crippen LogP contribution in [0.2, 0.25) is 0 Å². The highest BCUT2D eigenvalue weighted by Crippen LogP contribution is 2.44. The summed E-state index contributed by atoms with van der Waals surface area (Å²) in [5, 5.41) is 0. The van der Waals surface area contributed by atoms with Gasteiger partial charge in [0, 0.05) is 33.9 Å². The number of rotatable bonds is 14. The van der Waals surface area contributed by atoms with Crippen molar-refractivity contribution in [3.63, 3.8) is 0 Å². The standard InChI is InChI=1S/C66H56N2/c1-2-58(31-21-24-50-22-7-3-8-23-50)67(59-46-42-53(43-47-59)51-25-9-4-10-26-51)64-35-18-15-33-62(64)56-38-40-57(41-39-56)63-34-17-20-37-66(63)68(60-48-44-54(45-49-60)52-27-11-5-12-28-52)65-36-19-16-32-61(65)55-29-13-6-14-30-55/h2-9,11-23,25,27-35,37-49,65H,10,24,26,36H2,1H3/b31-21-,58-2+. The number of nitrogens with zero attached hydrogens (tertiary/aromatic N) is 2. The van der Waals surface area contributed by atoms with Crippen molar-refractivity contribution in [1.82, 2.24) is 0 Å². The highest BCUT2D eigenvalue weighted by atomic mass is 15.2. The van der Waals surface area contributed by atoms with Crippen LogP contribution in [0.25, 0.3) is 44.5 Å². The summed E-state index contributed by atoms with van der Waals surface area (Å²) in [5.41, 5.74) is 19.3. The molecule has 2 aliphatic carbocycles. The van der Waals surface area contributed by atoms with Crippen LogP contribution >= 0.6 is 0 Å². The van der Waals surface area contributed by atoms with E-state index < -0.39 is 0 Å². The Morgan fingerprint density at radius 1 is 0.485 bits per heavy atom. The van der Waals surface area contributed by atoms with Crippen LogP contribution in [0.3, 0.4) is 0 Å². The predicted octanol–water partition coefficient (Wildman–Crippen LogP) is 17.8. The summed E-state index contributed by atoms with van der Waals surface area (Å²) in [6, 6.07) is 77.4. The van der Waals surface area contributed by atoms with E-state index in [9.17, 15) is 0 Å². The first kappa shape index (κ1) is 43.7. The molecule has 0 saturated carbocycles. The lowest BCUT2D eigenvalue weighted by Crippen LogP contribution is -2.33. The Kier molecular flexibility index (Phi) is 13.5. The molecule has 0 fully saturated rings. The number of para-hydroxylation sites is 2. The monoisotopic (exact) mass is 876 g/mol. The summed E-state index contributed by atoms with van der Waals surface area (Å²) in [4.78, 5) is 4.97. The molecule has 2 nitrogen and oxygen atoms in total. The van der Waals surface area contributed by atoms with Crippen molar-refractivity contribution in [2.75, 3.05) is 9.80 Å². The van der Waals surface area contributed by atoms with Crippen molar-refractivity contribution in [2.45, 2.75) is 38.6 Å². The summed E-state index contributed by atoms with van der Waals surface area (Å²) >= 11 is 0. The number of benzene rings is 8. The fourth-order valence-corrected chi connectivity index (χ4v) is 9.71. The van der Waals surface area contributed by atoms with E-state index in [2.05, 4.69) is 284 Å². The molecule has 0 bridgehead atoms. The van der Waals surface area contributed by atoms with Crippen molar-refractivity contribution >= 4 is 33.9 Å². The maximum atomic E-state index is 2.56. The van der Waals surface area contributed by atoms with E-state index in [1.807, 2.05) is 0 Å². The van der Waals surface area contributed by atoms with Crippen molar-refractivity contribution in [1.29, 1.82) is 0 Å². The molecular weight excluding hydrogens is 821 g/mol. The molecule has 0 spiro atoms. The van der Waals surface area contributed by atoms with Gasteiger partial charge in [-0.25, -0.2) is 0 Å². The highest BCUT2D eigenvalue weighted by Gasteiger charge is 2.28. The Hall–Kier alpha value is -8.20. The molecule has 0 heterocycles. The Morgan fingerprint density at radius 3 is 1.66 bits per heavy atom. The topological polar surface area (TPSA) is 6.48 Å². The van der Waals surface area contributed by atoms with Gasteiger partial charge in [0.2, 0.25) is 0 Å². The van der Waals surface area contributed by atoms with Crippen molar-refractivity contribution in [3.8, 4) is 33.4 Å². The largest absolute Gasteiger partial charge is 0.333 e. The van der Waals surface area contributed by atoms with Crippen LogP contribution < -0.4 is 9.80 Å². The van der Waals surface area contributed by atoms with Gasteiger partial charge < -0.3 is 9.80 Å². The molecule has 0 amide bonds. The van der Waals surface area contributed by atoms with Gasteiger partial charge in [0.1, 0.15) is 0 Å². The van der Waals surface area contributed by atoms with Gasteiger partial charge in [0.05, 0.1) is 11.7 Å². The Morgan fingerprint density at radius 2 is 1.01 bits per heavy atom. The zero-order chi connectivity index (χ0) is 45.9. The molecule has 1 atom stereocenters. The second-order valence-corrected chi connectivity index (χ2v) is 17.4. The molecule has 0 saturated heterocycles. The smallest absolute Gasteiger partial charge is 0.0632 e. The summed E-state index contributed by atoms with van der Waals surface area (Å²) in [6.45, 7) is 2.14. The minimum absolute atomic E-state index is 0.0797. The van der Waals surface area contributed by atoms with E-state index in [0.717, 1.165) is 54.0 Å². The van der Waals surface area contributed by atoms with Crippen LogP contribution in [0.5, 0.6) is 0 Å². The molecule has 8 aromatic carbocycles. The Balaban J connectivity index is 1.03. The van der Waals surface area contributed by atoms with Crippen molar-refractivity contribution in [3.05, 3.63) is 289 Å². The maximum absolute atomic E-state index is 2.56. The van der Waals surface area contributed by atoms with Gasteiger partial charge in [-0.1, -0.05) is 225 Å². The number of anilines is 4. The van der Waals surface area contributed by atoms with Crippen LogP contribution in [0.1, 0.15) is 42.9 Å². The number of hydrogen-bond acceptors (Lipinski definition) is 2. The third-order valence-electron chi connectivity index (χ3n) is 13.2. The van der Waals surface area contributed by atoms with E-state index in [-0.39, 0.29) is 6.04 Å². The van der Waals surface area contributed by atoms with E-state index in [1.54, 1.807) is 0 Å². The first-order valence-corrected chi connectivity index (χ1v) is 24.0. The van der Waals surface area contributed by atoms with Crippen molar-refractivity contribution in [2.24, 2.45) is 0 Å². The van der Waals surface area contributed by atoms with Gasteiger partial charge in [-0.05, 0) is 125 Å². The molecule has 68 heavy (non-hydrogen) atoms. The molecule has 2 aliphatic rings. The van der Waals surface area contributed by atoms with Crippen LogP contribution in [-0.2, 0) is 6.42 Å². The second kappa shape index (κ2) is 21.0. The molecule has 0 N–H and O–H groups in total. The van der Waals surface area contributed by atoms with E-state index in [4.69, 9.17) is 0 Å². The molecule has 0 radical (unpaired) electrons. The van der Waals surface area contributed by atoms with E-state index in [1.165, 1.54) is 61.3 Å². The van der Waals surface area contributed by atoms with Gasteiger partial charge in [-0.15, -0.1) is 0 Å². The van der Waals surface area contributed by atoms with Crippen LogP contribution in [-0.4, -0.2) is 6.04 Å². The molecule has 1 unspecified atom stereocenters. The molecule has 8 aromatic rings. The van der Waals surface area contributed by atoms with Crippen LogP contribution in [0, 0.1) is 0 Å². The highest BCUT2D eigenvalue weighted by molar-refractivity contribution is 5.90. The van der Waals surface area contributed by atoms with E-state index >= 15 is 0 Å². The first-order chi connectivity index (χ1) is 33.7.